The normalized spacial score (nSPS) is 16.4. The van der Waals surface area contributed by atoms with Gasteiger partial charge < -0.3 is 19.3 Å². The molecule has 0 aliphatic carbocycles. The number of hydrogen-bond acceptors (Lipinski definition) is 4. The van der Waals surface area contributed by atoms with Gasteiger partial charge in [0.15, 0.2) is 0 Å². The molecule has 5 nitrogen and oxygen atoms in total. The van der Waals surface area contributed by atoms with Gasteiger partial charge in [0.1, 0.15) is 11.9 Å². The first kappa shape index (κ1) is 21.3. The van der Waals surface area contributed by atoms with Gasteiger partial charge in [-0.2, -0.15) is 0 Å². The van der Waals surface area contributed by atoms with Crippen LogP contribution in [0.15, 0.2) is 54.6 Å². The number of rotatable bonds is 8. The Morgan fingerprint density at radius 2 is 1.72 bits per heavy atom. The molecular weight excluding hydrogens is 364 g/mol. The second-order valence-electron chi connectivity index (χ2n) is 7.57. The highest BCUT2D eigenvalue weighted by molar-refractivity contribution is 5.98. The van der Waals surface area contributed by atoms with Crippen molar-refractivity contribution in [3.63, 3.8) is 0 Å². The summed E-state index contributed by atoms with van der Waals surface area (Å²) in [5.41, 5.74) is 2.20. The first-order valence-electron chi connectivity index (χ1n) is 10.4. The van der Waals surface area contributed by atoms with E-state index in [1.54, 1.807) is 21.1 Å². The highest BCUT2D eigenvalue weighted by Crippen LogP contribution is 2.33. The smallest absolute Gasteiger partial charge is 0.256 e. The van der Waals surface area contributed by atoms with Crippen LogP contribution in [0, 0.1) is 0 Å². The fourth-order valence-corrected chi connectivity index (χ4v) is 3.95. The third-order valence-corrected chi connectivity index (χ3v) is 5.77. The molecule has 0 aromatic heterocycles. The van der Waals surface area contributed by atoms with E-state index in [0.29, 0.717) is 0 Å². The molecule has 0 N–H and O–H groups in total. The van der Waals surface area contributed by atoms with Gasteiger partial charge in [0.05, 0.1) is 12.8 Å². The zero-order chi connectivity index (χ0) is 20.6. The summed E-state index contributed by atoms with van der Waals surface area (Å²) in [5, 5.41) is 0. The lowest BCUT2D eigenvalue weighted by molar-refractivity contribution is -0.128. The van der Waals surface area contributed by atoms with Crippen LogP contribution in [0.4, 0.5) is 5.69 Å². The van der Waals surface area contributed by atoms with Crippen LogP contribution in [0.5, 0.6) is 5.75 Å². The fourth-order valence-electron chi connectivity index (χ4n) is 3.95. The largest absolute Gasteiger partial charge is 0.495 e. The standard InChI is InChI=1S/C24H32N2O3/c1-19(28-2)24(27)26(22-11-7-8-12-23(22)29-3)21-14-17-25(18-15-21)16-13-20-9-5-4-6-10-20/h4-12,19,21H,13-18H2,1-3H3. The summed E-state index contributed by atoms with van der Waals surface area (Å²) in [6.45, 7) is 4.82. The molecule has 1 saturated heterocycles. The van der Waals surface area contributed by atoms with Crippen LogP contribution < -0.4 is 9.64 Å². The lowest BCUT2D eigenvalue weighted by Crippen LogP contribution is -2.50. The third kappa shape index (κ3) is 5.37. The Hall–Kier alpha value is -2.37. The molecule has 29 heavy (non-hydrogen) atoms. The summed E-state index contributed by atoms with van der Waals surface area (Å²) in [5.74, 6) is 0.704. The maximum absolute atomic E-state index is 13.2. The van der Waals surface area contributed by atoms with Crippen molar-refractivity contribution in [3.05, 3.63) is 60.2 Å². The van der Waals surface area contributed by atoms with E-state index in [0.717, 1.165) is 50.3 Å². The minimum Gasteiger partial charge on any atom is -0.495 e. The van der Waals surface area contributed by atoms with E-state index in [1.807, 2.05) is 29.2 Å². The van der Waals surface area contributed by atoms with Crippen LogP contribution in [0.1, 0.15) is 25.3 Å². The van der Waals surface area contributed by atoms with Crippen molar-refractivity contribution in [2.75, 3.05) is 38.8 Å². The molecule has 2 aromatic rings. The van der Waals surface area contributed by atoms with Gasteiger partial charge in [0.25, 0.3) is 5.91 Å². The topological polar surface area (TPSA) is 42.0 Å². The quantitative estimate of drug-likeness (QED) is 0.681. The van der Waals surface area contributed by atoms with E-state index in [9.17, 15) is 4.79 Å². The number of hydrogen-bond donors (Lipinski definition) is 0. The number of carbonyl (C=O) groups excluding carboxylic acids is 1. The average molecular weight is 397 g/mol. The zero-order valence-electron chi connectivity index (χ0n) is 17.7. The maximum atomic E-state index is 13.2. The van der Waals surface area contributed by atoms with Crippen molar-refractivity contribution >= 4 is 11.6 Å². The van der Waals surface area contributed by atoms with Crippen LogP contribution in [-0.4, -0.2) is 56.8 Å². The average Bonchev–Trinajstić information content (AvgIpc) is 2.79. The summed E-state index contributed by atoms with van der Waals surface area (Å²) >= 11 is 0. The highest BCUT2D eigenvalue weighted by atomic mass is 16.5. The zero-order valence-corrected chi connectivity index (χ0v) is 17.7. The first-order valence-corrected chi connectivity index (χ1v) is 10.4. The second-order valence-corrected chi connectivity index (χ2v) is 7.57. The molecule has 0 bridgehead atoms. The van der Waals surface area contributed by atoms with Crippen molar-refractivity contribution in [1.82, 2.24) is 4.90 Å². The third-order valence-electron chi connectivity index (χ3n) is 5.77. The monoisotopic (exact) mass is 396 g/mol. The predicted octanol–water partition coefficient (Wildman–Crippen LogP) is 3.77. The van der Waals surface area contributed by atoms with Crippen molar-refractivity contribution < 1.29 is 14.3 Å². The molecule has 1 amide bonds. The number of nitrogens with zero attached hydrogens (tertiary/aromatic N) is 2. The Bertz CT molecular complexity index is 773. The maximum Gasteiger partial charge on any atom is 0.256 e. The molecule has 1 fully saturated rings. The molecule has 0 saturated carbocycles. The molecule has 1 unspecified atom stereocenters. The molecule has 1 heterocycles. The molecule has 1 atom stereocenters. The number of likely N-dealkylation sites (tertiary alicyclic amines) is 1. The fraction of sp³-hybridized carbons (Fsp3) is 0.458. The first-order chi connectivity index (χ1) is 14.1. The molecule has 1 aliphatic rings. The molecule has 5 heteroatoms. The van der Waals surface area contributed by atoms with Crippen molar-refractivity contribution in [2.24, 2.45) is 0 Å². The van der Waals surface area contributed by atoms with Crippen LogP contribution in [0.25, 0.3) is 0 Å². The highest BCUT2D eigenvalue weighted by Gasteiger charge is 2.33. The predicted molar refractivity (Wildman–Crippen MR) is 117 cm³/mol. The van der Waals surface area contributed by atoms with Crippen LogP contribution in [0.2, 0.25) is 0 Å². The van der Waals surface area contributed by atoms with E-state index in [1.165, 1.54) is 5.56 Å². The lowest BCUT2D eigenvalue weighted by atomic mass is 10.0. The summed E-state index contributed by atoms with van der Waals surface area (Å²) in [7, 11) is 3.22. The van der Waals surface area contributed by atoms with E-state index in [2.05, 4.69) is 35.2 Å². The molecule has 1 aliphatic heterocycles. The van der Waals surface area contributed by atoms with Crippen LogP contribution >= 0.6 is 0 Å². The van der Waals surface area contributed by atoms with Gasteiger partial charge in [-0.3, -0.25) is 4.79 Å². The SMILES string of the molecule is COc1ccccc1N(C(=O)C(C)OC)C1CCN(CCc2ccccc2)CC1. The Morgan fingerprint density at radius 1 is 1.07 bits per heavy atom. The molecule has 3 rings (SSSR count). The summed E-state index contributed by atoms with van der Waals surface area (Å²) in [6.07, 6.45) is 2.45. The van der Waals surface area contributed by atoms with Gasteiger partial charge in [0, 0.05) is 32.8 Å². The van der Waals surface area contributed by atoms with Crippen molar-refractivity contribution in [3.8, 4) is 5.75 Å². The molecule has 2 aromatic carbocycles. The van der Waals surface area contributed by atoms with E-state index in [4.69, 9.17) is 9.47 Å². The lowest BCUT2D eigenvalue weighted by Gasteiger charge is -2.39. The number of amides is 1. The van der Waals surface area contributed by atoms with E-state index < -0.39 is 6.10 Å². The Kier molecular flexibility index (Phi) is 7.67. The van der Waals surface area contributed by atoms with Gasteiger partial charge in [-0.05, 0) is 43.9 Å². The summed E-state index contributed by atoms with van der Waals surface area (Å²) in [6, 6.07) is 18.5. The van der Waals surface area contributed by atoms with Gasteiger partial charge in [-0.15, -0.1) is 0 Å². The van der Waals surface area contributed by atoms with Crippen molar-refractivity contribution in [2.45, 2.75) is 38.3 Å². The number of methoxy groups -OCH3 is 2. The minimum absolute atomic E-state index is 0.0141. The van der Waals surface area contributed by atoms with E-state index in [-0.39, 0.29) is 11.9 Å². The number of para-hydroxylation sites is 2. The summed E-state index contributed by atoms with van der Waals surface area (Å²) < 4.78 is 10.9. The van der Waals surface area contributed by atoms with E-state index >= 15 is 0 Å². The number of ether oxygens (including phenoxy) is 2. The molecular formula is C24H32N2O3. The Labute approximate surface area is 174 Å². The number of benzene rings is 2. The van der Waals surface area contributed by atoms with Crippen LogP contribution in [0.3, 0.4) is 0 Å². The van der Waals surface area contributed by atoms with Gasteiger partial charge in [0.2, 0.25) is 0 Å². The Balaban J connectivity index is 1.68. The van der Waals surface area contributed by atoms with Gasteiger partial charge in [-0.25, -0.2) is 0 Å². The number of piperidine rings is 1. The van der Waals surface area contributed by atoms with Crippen LogP contribution in [-0.2, 0) is 16.0 Å². The van der Waals surface area contributed by atoms with Crippen molar-refractivity contribution in [1.29, 1.82) is 0 Å². The minimum atomic E-state index is -0.490. The number of anilines is 1. The van der Waals surface area contributed by atoms with Gasteiger partial charge in [-0.1, -0.05) is 42.5 Å². The number of carbonyl (C=O) groups is 1. The second kappa shape index (κ2) is 10.4. The molecule has 0 spiro atoms. The van der Waals surface area contributed by atoms with Gasteiger partial charge >= 0.3 is 0 Å². The molecule has 0 radical (unpaired) electrons. The Morgan fingerprint density at radius 3 is 2.38 bits per heavy atom. The molecule has 156 valence electrons. The summed E-state index contributed by atoms with van der Waals surface area (Å²) in [4.78, 5) is 17.6.